The van der Waals surface area contributed by atoms with E-state index < -0.39 is 6.19 Å². The van der Waals surface area contributed by atoms with Gasteiger partial charge >= 0.3 is 0 Å². The normalized spacial score (nSPS) is 22.1. The van der Waals surface area contributed by atoms with Crippen LogP contribution < -0.4 is 0 Å². The zero-order chi connectivity index (χ0) is 29.6. The summed E-state index contributed by atoms with van der Waals surface area (Å²) in [6, 6.07) is 21.6. The predicted octanol–water partition coefficient (Wildman–Crippen LogP) is 7.57. The third-order valence-electron chi connectivity index (χ3n) is 9.21. The van der Waals surface area contributed by atoms with Gasteiger partial charge in [0.1, 0.15) is 0 Å². The van der Waals surface area contributed by atoms with Crippen molar-refractivity contribution in [1.29, 1.82) is 0 Å². The van der Waals surface area contributed by atoms with E-state index in [-0.39, 0.29) is 0 Å². The van der Waals surface area contributed by atoms with Gasteiger partial charge in [-0.1, -0.05) is 86.3 Å². The minimum atomic E-state index is -2.28. The van der Waals surface area contributed by atoms with Crippen molar-refractivity contribution < 1.29 is 9.47 Å². The van der Waals surface area contributed by atoms with Gasteiger partial charge < -0.3 is 19.3 Å². The van der Waals surface area contributed by atoms with Crippen LogP contribution in [0, 0.1) is 0 Å². The Hall–Kier alpha value is -2.47. The highest BCUT2D eigenvalue weighted by molar-refractivity contribution is 8.17. The Bertz CT molecular complexity index is 1330. The Kier molecular flexibility index (Phi) is 10.0. The maximum absolute atomic E-state index is 7.22. The molecule has 2 heterocycles. The van der Waals surface area contributed by atoms with Gasteiger partial charge in [0.25, 0.3) is 0 Å². The van der Waals surface area contributed by atoms with Crippen molar-refractivity contribution in [3.8, 4) is 0 Å². The monoisotopic (exact) mass is 615 g/mol. The van der Waals surface area contributed by atoms with E-state index in [1.165, 1.54) is 44.3 Å². The zero-order valence-corrected chi connectivity index (χ0v) is 27.6. The second-order valence-corrected chi connectivity index (χ2v) is 16.0. The number of benzene rings is 2. The van der Waals surface area contributed by atoms with Crippen molar-refractivity contribution in [1.82, 2.24) is 14.5 Å². The van der Waals surface area contributed by atoms with Gasteiger partial charge in [-0.3, -0.25) is 4.67 Å². The van der Waals surface area contributed by atoms with Crippen LogP contribution in [0.4, 0.5) is 0 Å². The molecule has 0 saturated carbocycles. The fraction of sp³-hybridized carbons (Fsp3) is 0.444. The lowest BCUT2D eigenvalue weighted by Gasteiger charge is -2.41. The lowest BCUT2D eigenvalue weighted by Crippen LogP contribution is -2.37. The van der Waals surface area contributed by atoms with Crippen LogP contribution in [0.5, 0.6) is 0 Å². The van der Waals surface area contributed by atoms with Crippen molar-refractivity contribution in [2.45, 2.75) is 39.5 Å². The molecule has 0 spiro atoms. The van der Waals surface area contributed by atoms with E-state index in [9.17, 15) is 0 Å². The third-order valence-corrected chi connectivity index (χ3v) is 14.9. The molecule has 0 unspecified atom stereocenters. The molecule has 2 aromatic carbocycles. The Labute approximate surface area is 263 Å². The smallest absolute Gasteiger partial charge is 0.0672 e. The summed E-state index contributed by atoms with van der Waals surface area (Å²) in [5.74, 6) is 0. The summed E-state index contributed by atoms with van der Waals surface area (Å²) < 4.78 is 14.4. The van der Waals surface area contributed by atoms with Gasteiger partial charge in [-0.25, -0.2) is 0 Å². The van der Waals surface area contributed by atoms with Gasteiger partial charge in [-0.2, -0.15) is 0 Å². The number of rotatable bonds is 9. The maximum Gasteiger partial charge on any atom is 0.0672 e. The molecular weight excluding hydrogens is 569 g/mol. The van der Waals surface area contributed by atoms with E-state index in [0.717, 1.165) is 91.4 Å². The summed E-state index contributed by atoms with van der Waals surface area (Å²) in [6.07, 6.45) is 6.74. The summed E-state index contributed by atoms with van der Waals surface area (Å²) in [5, 5.41) is 3.05. The molecule has 0 aromatic heterocycles. The molecule has 0 bridgehead atoms. The van der Waals surface area contributed by atoms with Crippen LogP contribution in [0.15, 0.2) is 93.8 Å². The Morgan fingerprint density at radius 3 is 1.42 bits per heavy atom. The second kappa shape index (κ2) is 14.1. The number of nitrogens with zero attached hydrogens (tertiary/aromatic N) is 3. The molecule has 228 valence electrons. The van der Waals surface area contributed by atoms with Crippen LogP contribution >= 0.6 is 6.19 Å². The molecule has 2 aromatic rings. The summed E-state index contributed by atoms with van der Waals surface area (Å²) in [5.41, 5.74) is 8.27. The van der Waals surface area contributed by atoms with Crippen molar-refractivity contribution in [2.75, 3.05) is 65.7 Å². The molecule has 0 N–H and O–H groups in total. The van der Waals surface area contributed by atoms with Gasteiger partial charge in [0.05, 0.1) is 32.6 Å². The fourth-order valence-corrected chi connectivity index (χ4v) is 12.7. The standard InChI is InChI=1S/C36H46N3O2PS/c1-3-39(4-2)42(43,33-17-15-31(27-29-11-7-5-8-12-29)35(33)37-19-23-40-24-20-37)34-18-16-32(28-30-13-9-6-10-14-30)36(34)38-21-25-41-26-22-38/h5-14,27-28H,3-4,15-26H2,1-2H3/b31-27+,32-28+. The van der Waals surface area contributed by atoms with Crippen LogP contribution in [-0.4, -0.2) is 80.2 Å². The molecule has 0 amide bonds. The average molecular weight is 616 g/mol. The van der Waals surface area contributed by atoms with E-state index in [4.69, 9.17) is 21.3 Å². The van der Waals surface area contributed by atoms with Gasteiger partial charge in [0.2, 0.25) is 0 Å². The van der Waals surface area contributed by atoms with Crippen LogP contribution in [-0.2, 0) is 21.3 Å². The molecular formula is C36H46N3O2PS. The maximum atomic E-state index is 7.22. The van der Waals surface area contributed by atoms with Crippen LogP contribution in [0.3, 0.4) is 0 Å². The molecule has 0 radical (unpaired) electrons. The topological polar surface area (TPSA) is 28.2 Å². The summed E-state index contributed by atoms with van der Waals surface area (Å²) >= 11 is 7.22. The largest absolute Gasteiger partial charge is 0.378 e. The Morgan fingerprint density at radius 1 is 0.651 bits per heavy atom. The lowest BCUT2D eigenvalue weighted by molar-refractivity contribution is 0.0547. The molecule has 43 heavy (non-hydrogen) atoms. The molecule has 2 aliphatic heterocycles. The first kappa shape index (κ1) is 30.6. The third kappa shape index (κ3) is 6.36. The highest BCUT2D eigenvalue weighted by Gasteiger charge is 2.43. The molecule has 7 heteroatoms. The summed E-state index contributed by atoms with van der Waals surface area (Å²) in [6.45, 7) is 13.3. The number of allylic oxidation sites excluding steroid dienone is 4. The van der Waals surface area contributed by atoms with Crippen LogP contribution in [0.25, 0.3) is 12.2 Å². The summed E-state index contributed by atoms with van der Waals surface area (Å²) in [7, 11) is 0. The van der Waals surface area contributed by atoms with Crippen molar-refractivity contribution >= 4 is 30.1 Å². The molecule has 2 saturated heterocycles. The molecule has 4 aliphatic rings. The quantitative estimate of drug-likeness (QED) is 0.270. The number of hydrogen-bond donors (Lipinski definition) is 0. The van der Waals surface area contributed by atoms with E-state index in [1.54, 1.807) is 0 Å². The molecule has 0 atom stereocenters. The summed E-state index contributed by atoms with van der Waals surface area (Å²) in [4.78, 5) is 5.21. The van der Waals surface area contributed by atoms with Crippen molar-refractivity contribution in [3.05, 3.63) is 105 Å². The van der Waals surface area contributed by atoms with Crippen molar-refractivity contribution in [2.24, 2.45) is 0 Å². The van der Waals surface area contributed by atoms with E-state index in [0.29, 0.717) is 0 Å². The highest BCUT2D eigenvalue weighted by atomic mass is 32.4. The van der Waals surface area contributed by atoms with Gasteiger partial charge in [-0.15, -0.1) is 0 Å². The second-order valence-electron chi connectivity index (χ2n) is 11.7. The van der Waals surface area contributed by atoms with Gasteiger partial charge in [0, 0.05) is 61.3 Å². The predicted molar refractivity (Wildman–Crippen MR) is 183 cm³/mol. The lowest BCUT2D eigenvalue weighted by atomic mass is 10.1. The van der Waals surface area contributed by atoms with Gasteiger partial charge in [0.15, 0.2) is 0 Å². The molecule has 5 nitrogen and oxygen atoms in total. The van der Waals surface area contributed by atoms with E-state index in [2.05, 4.69) is 101 Å². The van der Waals surface area contributed by atoms with Gasteiger partial charge in [-0.05, 0) is 60.1 Å². The van der Waals surface area contributed by atoms with E-state index >= 15 is 0 Å². The number of ether oxygens (including phenoxy) is 2. The van der Waals surface area contributed by atoms with Crippen molar-refractivity contribution in [3.63, 3.8) is 0 Å². The first-order valence-corrected chi connectivity index (χ1v) is 18.9. The Balaban J connectivity index is 1.57. The zero-order valence-electron chi connectivity index (χ0n) is 25.8. The number of hydrogen-bond acceptors (Lipinski definition) is 5. The fourth-order valence-electron chi connectivity index (χ4n) is 7.19. The van der Waals surface area contributed by atoms with Crippen LogP contribution in [0.2, 0.25) is 0 Å². The molecule has 2 fully saturated rings. The number of morpholine rings is 2. The minimum absolute atomic E-state index is 0.773. The Morgan fingerprint density at radius 2 is 1.05 bits per heavy atom. The molecule has 2 aliphatic carbocycles. The average Bonchev–Trinajstić information content (AvgIpc) is 3.68. The SMILES string of the molecule is CCN(CC)P(=S)(C1=C(N2CCOCC2)/C(=C/c2ccccc2)CC1)C1=C(N2CCOCC2)/C(=C/c2ccccc2)CC1. The first-order chi connectivity index (χ1) is 21.1. The van der Waals surface area contributed by atoms with Crippen LogP contribution in [0.1, 0.15) is 50.7 Å². The van der Waals surface area contributed by atoms with E-state index in [1.807, 2.05) is 0 Å². The first-order valence-electron chi connectivity index (χ1n) is 16.1. The molecule has 6 rings (SSSR count). The highest BCUT2D eigenvalue weighted by Crippen LogP contribution is 2.72. The minimum Gasteiger partial charge on any atom is -0.378 e.